The van der Waals surface area contributed by atoms with Gasteiger partial charge in [0.15, 0.2) is 9.84 Å². The third kappa shape index (κ3) is 3.90. The molecule has 0 radical (unpaired) electrons. The van der Waals surface area contributed by atoms with Gasteiger partial charge in [0.25, 0.3) is 0 Å². The quantitative estimate of drug-likeness (QED) is 0.665. The summed E-state index contributed by atoms with van der Waals surface area (Å²) in [5.41, 5.74) is 0. The van der Waals surface area contributed by atoms with Crippen LogP contribution in [0.15, 0.2) is 11.5 Å². The fraction of sp³-hybridized carbons (Fsp3) is 0.778. The van der Waals surface area contributed by atoms with Crippen LogP contribution in [0.5, 0.6) is 0 Å². The van der Waals surface area contributed by atoms with Crippen LogP contribution in [0.1, 0.15) is 32.1 Å². The van der Waals surface area contributed by atoms with E-state index in [0.717, 1.165) is 12.8 Å². The van der Waals surface area contributed by atoms with Gasteiger partial charge in [0.05, 0.1) is 0 Å². The normalized spacial score (nSPS) is 21.8. The summed E-state index contributed by atoms with van der Waals surface area (Å²) in [5, 5.41) is 1.35. The Labute approximate surface area is 74.6 Å². The molecule has 12 heavy (non-hydrogen) atoms. The smallest absolute Gasteiger partial charge is 0.168 e. The summed E-state index contributed by atoms with van der Waals surface area (Å²) in [6.45, 7) is 0. The summed E-state index contributed by atoms with van der Waals surface area (Å²) in [4.78, 5) is 0. The summed E-state index contributed by atoms with van der Waals surface area (Å²) in [6, 6.07) is 0. The number of rotatable bonds is 2. The van der Waals surface area contributed by atoms with E-state index in [4.69, 9.17) is 0 Å². The average Bonchev–Trinajstić information content (AvgIpc) is 2.02. The predicted octanol–water partition coefficient (Wildman–Crippen LogP) is 2.12. The second-order valence-corrected chi connectivity index (χ2v) is 5.49. The molecule has 0 amide bonds. The Kier molecular flexibility index (Phi) is 3.32. The van der Waals surface area contributed by atoms with Crippen LogP contribution >= 0.6 is 0 Å². The maximum atomic E-state index is 10.8. The van der Waals surface area contributed by atoms with Crippen LogP contribution in [0.4, 0.5) is 0 Å². The van der Waals surface area contributed by atoms with Crippen LogP contribution < -0.4 is 0 Å². The largest absolute Gasteiger partial charge is 0.225 e. The van der Waals surface area contributed by atoms with Crippen molar-refractivity contribution in [3.05, 3.63) is 11.5 Å². The highest BCUT2D eigenvalue weighted by atomic mass is 32.2. The van der Waals surface area contributed by atoms with Gasteiger partial charge in [0, 0.05) is 11.7 Å². The molecule has 0 N–H and O–H groups in total. The van der Waals surface area contributed by atoms with Crippen LogP contribution in [-0.4, -0.2) is 14.7 Å². The predicted molar refractivity (Wildman–Crippen MR) is 50.6 cm³/mol. The average molecular weight is 188 g/mol. The lowest BCUT2D eigenvalue weighted by Gasteiger charge is -2.17. The molecule has 0 atom stereocenters. The van der Waals surface area contributed by atoms with Crippen molar-refractivity contribution in [3.8, 4) is 0 Å². The number of sulfone groups is 1. The lowest BCUT2D eigenvalue weighted by Crippen LogP contribution is -2.03. The topological polar surface area (TPSA) is 34.1 Å². The molecule has 0 aromatic heterocycles. The molecule has 0 spiro atoms. The van der Waals surface area contributed by atoms with Crippen LogP contribution in [0.25, 0.3) is 0 Å². The zero-order chi connectivity index (χ0) is 9.03. The maximum Gasteiger partial charge on any atom is 0.168 e. The molecular weight excluding hydrogens is 172 g/mol. The summed E-state index contributed by atoms with van der Waals surface area (Å²) in [7, 11) is -2.90. The van der Waals surface area contributed by atoms with Crippen molar-refractivity contribution in [3.63, 3.8) is 0 Å². The Morgan fingerprint density at radius 1 is 1.17 bits per heavy atom. The third-order valence-electron chi connectivity index (χ3n) is 2.25. The SMILES string of the molecule is CS(=O)(=O)/C=C/C1CCCCC1. The van der Waals surface area contributed by atoms with Crippen molar-refractivity contribution in [2.24, 2.45) is 5.92 Å². The molecule has 1 saturated carbocycles. The summed E-state index contributed by atoms with van der Waals surface area (Å²) >= 11 is 0. The minimum atomic E-state index is -2.90. The molecule has 0 heterocycles. The molecular formula is C9H16O2S. The van der Waals surface area contributed by atoms with Gasteiger partial charge >= 0.3 is 0 Å². The van der Waals surface area contributed by atoms with E-state index in [9.17, 15) is 8.42 Å². The van der Waals surface area contributed by atoms with Crippen LogP contribution in [0.3, 0.4) is 0 Å². The molecule has 0 bridgehead atoms. The van der Waals surface area contributed by atoms with Crippen molar-refractivity contribution in [2.45, 2.75) is 32.1 Å². The fourth-order valence-electron chi connectivity index (χ4n) is 1.58. The van der Waals surface area contributed by atoms with Crippen molar-refractivity contribution < 1.29 is 8.42 Å². The summed E-state index contributed by atoms with van der Waals surface area (Å²) in [5.74, 6) is 0.508. The van der Waals surface area contributed by atoms with Gasteiger partial charge in [-0.2, -0.15) is 0 Å². The van der Waals surface area contributed by atoms with Crippen molar-refractivity contribution >= 4 is 9.84 Å². The van der Waals surface area contributed by atoms with Crippen LogP contribution in [-0.2, 0) is 9.84 Å². The van der Waals surface area contributed by atoms with Gasteiger partial charge in [-0.25, -0.2) is 8.42 Å². The fourth-order valence-corrected chi connectivity index (χ4v) is 2.09. The molecule has 0 unspecified atom stereocenters. The first kappa shape index (κ1) is 9.78. The zero-order valence-corrected chi connectivity index (χ0v) is 8.31. The molecule has 1 rings (SSSR count). The van der Waals surface area contributed by atoms with E-state index in [2.05, 4.69) is 0 Å². The molecule has 1 fully saturated rings. The number of hydrogen-bond acceptors (Lipinski definition) is 2. The third-order valence-corrected chi connectivity index (χ3v) is 2.90. The standard InChI is InChI=1S/C9H16O2S/c1-12(10,11)8-7-9-5-3-2-4-6-9/h7-9H,2-6H2,1H3/b8-7+. The monoisotopic (exact) mass is 188 g/mol. The number of hydrogen-bond donors (Lipinski definition) is 0. The Morgan fingerprint density at radius 2 is 1.75 bits per heavy atom. The van der Waals surface area contributed by atoms with E-state index in [1.165, 1.54) is 30.9 Å². The molecule has 2 nitrogen and oxygen atoms in total. The minimum absolute atomic E-state index is 0.508. The lowest BCUT2D eigenvalue weighted by molar-refractivity contribution is 0.419. The van der Waals surface area contributed by atoms with Crippen LogP contribution in [0, 0.1) is 5.92 Å². The highest BCUT2D eigenvalue weighted by Gasteiger charge is 2.10. The van der Waals surface area contributed by atoms with Gasteiger partial charge in [0.1, 0.15) is 0 Å². The first-order chi connectivity index (χ1) is 5.58. The van der Waals surface area contributed by atoms with Gasteiger partial charge < -0.3 is 0 Å². The molecule has 3 heteroatoms. The first-order valence-electron chi connectivity index (χ1n) is 4.46. The summed E-state index contributed by atoms with van der Waals surface area (Å²) in [6.07, 6.45) is 9.22. The second kappa shape index (κ2) is 4.08. The van der Waals surface area contributed by atoms with E-state index < -0.39 is 9.84 Å². The number of allylic oxidation sites excluding steroid dienone is 1. The highest BCUT2D eigenvalue weighted by molar-refractivity contribution is 7.93. The van der Waals surface area contributed by atoms with E-state index in [1.807, 2.05) is 6.08 Å². The van der Waals surface area contributed by atoms with E-state index >= 15 is 0 Å². The van der Waals surface area contributed by atoms with Gasteiger partial charge in [-0.05, 0) is 18.8 Å². The molecule has 0 aromatic carbocycles. The highest BCUT2D eigenvalue weighted by Crippen LogP contribution is 2.24. The molecule has 0 aliphatic heterocycles. The molecule has 70 valence electrons. The van der Waals surface area contributed by atoms with Gasteiger partial charge in [-0.15, -0.1) is 0 Å². The Hall–Kier alpha value is -0.310. The zero-order valence-electron chi connectivity index (χ0n) is 7.49. The minimum Gasteiger partial charge on any atom is -0.225 e. The summed E-state index contributed by atoms with van der Waals surface area (Å²) < 4.78 is 21.6. The van der Waals surface area contributed by atoms with Crippen molar-refractivity contribution in [1.29, 1.82) is 0 Å². The van der Waals surface area contributed by atoms with Crippen molar-refractivity contribution in [1.82, 2.24) is 0 Å². The van der Waals surface area contributed by atoms with Gasteiger partial charge in [0.2, 0.25) is 0 Å². The molecule has 1 aliphatic carbocycles. The van der Waals surface area contributed by atoms with Gasteiger partial charge in [-0.3, -0.25) is 0 Å². The molecule has 1 aliphatic rings. The van der Waals surface area contributed by atoms with E-state index in [-0.39, 0.29) is 0 Å². The molecule has 0 saturated heterocycles. The Balaban J connectivity index is 2.44. The second-order valence-electron chi connectivity index (χ2n) is 3.56. The molecule has 0 aromatic rings. The lowest BCUT2D eigenvalue weighted by atomic mass is 9.90. The Morgan fingerprint density at radius 3 is 2.25 bits per heavy atom. The maximum absolute atomic E-state index is 10.8. The van der Waals surface area contributed by atoms with Crippen LogP contribution in [0.2, 0.25) is 0 Å². The van der Waals surface area contributed by atoms with Gasteiger partial charge in [-0.1, -0.05) is 25.3 Å². The van der Waals surface area contributed by atoms with E-state index in [0.29, 0.717) is 5.92 Å². The van der Waals surface area contributed by atoms with Crippen molar-refractivity contribution in [2.75, 3.05) is 6.26 Å². The Bertz CT molecular complexity index is 246. The van der Waals surface area contributed by atoms with E-state index in [1.54, 1.807) is 0 Å². The first-order valence-corrected chi connectivity index (χ1v) is 6.42.